The van der Waals surface area contributed by atoms with Crippen molar-refractivity contribution >= 4 is 40.9 Å². The van der Waals surface area contributed by atoms with Gasteiger partial charge in [0.05, 0.1) is 15.9 Å². The molecule has 0 aromatic heterocycles. The quantitative estimate of drug-likeness (QED) is 0.209. The molecular weight excluding hydrogens is 454 g/mol. The molecule has 0 amide bonds. The first-order valence-electron chi connectivity index (χ1n) is 9.29. The molecule has 33 heavy (non-hydrogen) atoms. The Balaban J connectivity index is 1.61. The predicted octanol–water partition coefficient (Wildman–Crippen LogP) is 5.29. The molecule has 0 atom stereocenters. The first kappa shape index (κ1) is 21.7. The van der Waals surface area contributed by atoms with Crippen LogP contribution in [0.3, 0.4) is 0 Å². The minimum Gasteiger partial charge on any atom is -0.450 e. The molecule has 0 saturated carbocycles. The highest BCUT2D eigenvalue weighted by molar-refractivity contribution is 6.30. The number of nitro benzene ring substituents is 2. The summed E-state index contributed by atoms with van der Waals surface area (Å²) in [4.78, 5) is 37.1. The fraction of sp³-hybridized carbons (Fsp3) is 0. The van der Waals surface area contributed by atoms with Crippen molar-refractivity contribution in [2.24, 2.45) is 4.99 Å². The highest BCUT2D eigenvalue weighted by atomic mass is 35.5. The molecule has 0 fully saturated rings. The van der Waals surface area contributed by atoms with Crippen LogP contribution in [0.5, 0.6) is 11.5 Å². The number of benzene rings is 3. The topological polar surface area (TPSA) is 134 Å². The molecule has 1 aliphatic heterocycles. The average molecular weight is 466 g/mol. The van der Waals surface area contributed by atoms with Crippen molar-refractivity contribution in [1.29, 1.82) is 0 Å². The largest absolute Gasteiger partial charge is 0.450 e. The lowest BCUT2D eigenvalue weighted by molar-refractivity contribution is -0.394. The summed E-state index contributed by atoms with van der Waals surface area (Å²) in [5.74, 6) is -0.456. The first-order chi connectivity index (χ1) is 15.8. The van der Waals surface area contributed by atoms with Crippen LogP contribution in [0.4, 0.5) is 11.4 Å². The van der Waals surface area contributed by atoms with E-state index < -0.39 is 27.2 Å². The van der Waals surface area contributed by atoms with Gasteiger partial charge in [-0.15, -0.1) is 0 Å². The van der Waals surface area contributed by atoms with Gasteiger partial charge < -0.3 is 9.47 Å². The van der Waals surface area contributed by atoms with Gasteiger partial charge in [-0.1, -0.05) is 23.7 Å². The monoisotopic (exact) mass is 465 g/mol. The second-order valence-corrected chi connectivity index (χ2v) is 7.12. The Morgan fingerprint density at radius 2 is 1.73 bits per heavy atom. The number of carbonyl (C=O) groups excluding carboxylic acids is 1. The summed E-state index contributed by atoms with van der Waals surface area (Å²) in [5, 5.41) is 22.7. The fourth-order valence-corrected chi connectivity index (χ4v) is 3.05. The summed E-state index contributed by atoms with van der Waals surface area (Å²) in [6, 6.07) is 16.1. The van der Waals surface area contributed by atoms with Gasteiger partial charge >= 0.3 is 11.7 Å². The van der Waals surface area contributed by atoms with E-state index in [1.807, 2.05) is 0 Å². The van der Waals surface area contributed by atoms with E-state index in [-0.39, 0.29) is 23.1 Å². The predicted molar refractivity (Wildman–Crippen MR) is 118 cm³/mol. The van der Waals surface area contributed by atoms with Crippen molar-refractivity contribution in [3.05, 3.63) is 109 Å². The fourth-order valence-electron chi connectivity index (χ4n) is 2.93. The molecule has 1 heterocycles. The molecule has 164 valence electrons. The van der Waals surface area contributed by atoms with E-state index in [4.69, 9.17) is 21.1 Å². The summed E-state index contributed by atoms with van der Waals surface area (Å²) in [7, 11) is 0. The van der Waals surface area contributed by atoms with Crippen LogP contribution >= 0.6 is 11.6 Å². The molecule has 0 aliphatic carbocycles. The molecule has 3 aromatic rings. The Hall–Kier alpha value is -4.57. The summed E-state index contributed by atoms with van der Waals surface area (Å²) >= 11 is 5.87. The van der Waals surface area contributed by atoms with Gasteiger partial charge in [-0.25, -0.2) is 9.79 Å². The van der Waals surface area contributed by atoms with Crippen LogP contribution in [0.2, 0.25) is 5.02 Å². The van der Waals surface area contributed by atoms with Gasteiger partial charge in [-0.2, -0.15) is 0 Å². The van der Waals surface area contributed by atoms with Crippen LogP contribution in [0.15, 0.2) is 77.4 Å². The number of halogens is 1. The summed E-state index contributed by atoms with van der Waals surface area (Å²) < 4.78 is 10.8. The van der Waals surface area contributed by atoms with Crippen LogP contribution in [0, 0.1) is 20.2 Å². The highest BCUT2D eigenvalue weighted by Crippen LogP contribution is 2.34. The van der Waals surface area contributed by atoms with E-state index >= 15 is 0 Å². The highest BCUT2D eigenvalue weighted by Gasteiger charge is 2.24. The number of aliphatic imine (C=N–C) groups is 1. The van der Waals surface area contributed by atoms with E-state index in [1.165, 1.54) is 12.1 Å². The van der Waals surface area contributed by atoms with Crippen molar-refractivity contribution in [1.82, 2.24) is 0 Å². The number of non-ortho nitro benzene ring substituents is 1. The second kappa shape index (κ2) is 8.89. The smallest absolute Gasteiger partial charge is 0.363 e. The lowest BCUT2D eigenvalue weighted by Gasteiger charge is -2.07. The standard InChI is InChI=1S/C22H12ClN3O7/c23-15-6-4-14(5-7-15)21-24-18(22(27)33-21)11-13-2-1-3-17(10-13)32-20-9-8-16(25(28)29)12-19(20)26(30)31/h1-12H. The van der Waals surface area contributed by atoms with Crippen LogP contribution in [0.25, 0.3) is 6.08 Å². The average Bonchev–Trinajstić information content (AvgIpc) is 3.14. The van der Waals surface area contributed by atoms with Crippen molar-refractivity contribution in [3.63, 3.8) is 0 Å². The number of rotatable bonds is 6. The van der Waals surface area contributed by atoms with Gasteiger partial charge in [0, 0.05) is 16.7 Å². The van der Waals surface area contributed by atoms with E-state index in [2.05, 4.69) is 4.99 Å². The second-order valence-electron chi connectivity index (χ2n) is 6.68. The molecular formula is C22H12ClN3O7. The lowest BCUT2D eigenvalue weighted by Crippen LogP contribution is -2.05. The van der Waals surface area contributed by atoms with Crippen LogP contribution < -0.4 is 4.74 Å². The number of carbonyl (C=O) groups is 1. The maximum Gasteiger partial charge on any atom is 0.363 e. The molecule has 1 aliphatic rings. The molecule has 0 saturated heterocycles. The van der Waals surface area contributed by atoms with Crippen molar-refractivity contribution in [2.45, 2.75) is 0 Å². The Morgan fingerprint density at radius 3 is 2.42 bits per heavy atom. The molecule has 10 nitrogen and oxygen atoms in total. The first-order valence-corrected chi connectivity index (χ1v) is 9.67. The number of cyclic esters (lactones) is 1. The molecule has 0 bridgehead atoms. The normalized spacial score (nSPS) is 14.0. The number of nitrogens with zero attached hydrogens (tertiary/aromatic N) is 3. The Kier molecular flexibility index (Phi) is 5.83. The Morgan fingerprint density at radius 1 is 0.970 bits per heavy atom. The summed E-state index contributed by atoms with van der Waals surface area (Å²) in [6.07, 6.45) is 1.47. The molecule has 3 aromatic carbocycles. The zero-order chi connectivity index (χ0) is 23.5. The van der Waals surface area contributed by atoms with E-state index in [0.29, 0.717) is 16.1 Å². The van der Waals surface area contributed by atoms with Crippen molar-refractivity contribution in [2.75, 3.05) is 0 Å². The summed E-state index contributed by atoms with van der Waals surface area (Å²) in [5.41, 5.74) is 0.174. The van der Waals surface area contributed by atoms with E-state index in [1.54, 1.807) is 42.5 Å². The molecule has 0 spiro atoms. The van der Waals surface area contributed by atoms with E-state index in [9.17, 15) is 25.0 Å². The van der Waals surface area contributed by atoms with Gasteiger partial charge in [-0.05, 0) is 54.1 Å². The van der Waals surface area contributed by atoms with Crippen LogP contribution in [-0.4, -0.2) is 21.7 Å². The molecule has 0 unspecified atom stereocenters. The molecule has 0 N–H and O–H groups in total. The van der Waals surface area contributed by atoms with Crippen LogP contribution in [-0.2, 0) is 9.53 Å². The third kappa shape index (κ3) is 4.86. The number of hydrogen-bond acceptors (Lipinski definition) is 8. The molecule has 4 rings (SSSR count). The van der Waals surface area contributed by atoms with E-state index in [0.717, 1.165) is 18.2 Å². The Labute approximate surface area is 190 Å². The van der Waals surface area contributed by atoms with Gasteiger partial charge in [0.15, 0.2) is 5.70 Å². The van der Waals surface area contributed by atoms with Gasteiger partial charge in [0.2, 0.25) is 11.6 Å². The summed E-state index contributed by atoms with van der Waals surface area (Å²) in [6.45, 7) is 0. The molecule has 11 heteroatoms. The number of ether oxygens (including phenoxy) is 2. The van der Waals surface area contributed by atoms with Gasteiger partial charge in [0.1, 0.15) is 5.75 Å². The van der Waals surface area contributed by atoms with Crippen LogP contribution in [0.1, 0.15) is 11.1 Å². The number of esters is 1. The number of nitro groups is 2. The maximum absolute atomic E-state index is 12.2. The number of hydrogen-bond donors (Lipinski definition) is 0. The Bertz CT molecular complexity index is 1350. The minimum absolute atomic E-state index is 0.0541. The van der Waals surface area contributed by atoms with Gasteiger partial charge in [0.25, 0.3) is 5.69 Å². The SMILES string of the molecule is O=C1OC(c2ccc(Cl)cc2)=NC1=Cc1cccc(Oc2ccc([N+](=O)[O-])cc2[N+](=O)[O-])c1. The lowest BCUT2D eigenvalue weighted by atomic mass is 10.2. The van der Waals surface area contributed by atoms with Gasteiger partial charge in [-0.3, -0.25) is 20.2 Å². The minimum atomic E-state index is -0.768. The zero-order valence-electron chi connectivity index (χ0n) is 16.5. The van der Waals surface area contributed by atoms with Crippen molar-refractivity contribution in [3.8, 4) is 11.5 Å². The third-order valence-electron chi connectivity index (χ3n) is 4.45. The zero-order valence-corrected chi connectivity index (χ0v) is 17.3. The third-order valence-corrected chi connectivity index (χ3v) is 4.70. The molecule has 0 radical (unpaired) electrons. The van der Waals surface area contributed by atoms with Crippen molar-refractivity contribution < 1.29 is 24.1 Å². The maximum atomic E-state index is 12.2.